The highest BCUT2D eigenvalue weighted by Crippen LogP contribution is 2.60. The Balaban J connectivity index is 1.32. The van der Waals surface area contributed by atoms with Crippen LogP contribution in [0.3, 0.4) is 0 Å². The average Bonchev–Trinajstić information content (AvgIpc) is 3.75. The topological polar surface area (TPSA) is 101 Å². The van der Waals surface area contributed by atoms with Gasteiger partial charge in [0.1, 0.15) is 11.4 Å². The summed E-state index contributed by atoms with van der Waals surface area (Å²) in [6.07, 6.45) is 7.55. The first-order valence-corrected chi connectivity index (χ1v) is 17.2. The molecule has 1 saturated carbocycles. The van der Waals surface area contributed by atoms with Crippen LogP contribution in [0.2, 0.25) is 0 Å². The Morgan fingerprint density at radius 1 is 1.00 bits per heavy atom. The minimum Gasteiger partial charge on any atom is -0.497 e. The number of aryl methyl sites for hydroxylation is 1. The molecule has 0 aliphatic heterocycles. The molecule has 4 aromatic rings. The average molecular weight is 714 g/mol. The number of esters is 1. The lowest BCUT2D eigenvalue weighted by Crippen LogP contribution is -2.50. The van der Waals surface area contributed by atoms with Gasteiger partial charge in [0.05, 0.1) is 31.6 Å². The van der Waals surface area contributed by atoms with Crippen molar-refractivity contribution < 1.29 is 28.3 Å². The van der Waals surface area contributed by atoms with Gasteiger partial charge in [-0.25, -0.2) is 0 Å². The number of allylic oxidation sites excluding steroid dienone is 2. The third kappa shape index (κ3) is 5.97. The first-order valence-electron chi connectivity index (χ1n) is 16.4. The molecule has 2 heterocycles. The Hall–Kier alpha value is -4.24. The van der Waals surface area contributed by atoms with Crippen LogP contribution in [0.4, 0.5) is 0 Å². The molecule has 2 aliphatic rings. The van der Waals surface area contributed by atoms with Gasteiger partial charge in [-0.15, -0.1) is 0 Å². The molecule has 0 spiro atoms. The summed E-state index contributed by atoms with van der Waals surface area (Å²) >= 11 is 3.42. The fraction of sp³-hybridized carbons (Fsp3) is 0.385. The molecule has 2 aliphatic carbocycles. The van der Waals surface area contributed by atoms with E-state index in [0.717, 1.165) is 54.1 Å². The molecule has 0 N–H and O–H groups in total. The quantitative estimate of drug-likeness (QED) is 0.0971. The third-order valence-electron chi connectivity index (χ3n) is 10.8. The van der Waals surface area contributed by atoms with Gasteiger partial charge in [-0.3, -0.25) is 14.4 Å². The van der Waals surface area contributed by atoms with E-state index < -0.39 is 17.1 Å². The largest absolute Gasteiger partial charge is 0.497 e. The Kier molecular flexibility index (Phi) is 9.35. The number of methoxy groups -OCH3 is 2. The van der Waals surface area contributed by atoms with Gasteiger partial charge in [0, 0.05) is 21.2 Å². The summed E-state index contributed by atoms with van der Waals surface area (Å²) in [5, 5.41) is 4.62. The number of rotatable bonds is 9. The van der Waals surface area contributed by atoms with Crippen molar-refractivity contribution in [3.05, 3.63) is 105 Å². The second kappa shape index (κ2) is 13.3. The zero-order valence-corrected chi connectivity index (χ0v) is 29.7. The van der Waals surface area contributed by atoms with Gasteiger partial charge in [-0.2, -0.15) is 9.78 Å². The minimum atomic E-state index is -0.522. The summed E-state index contributed by atoms with van der Waals surface area (Å²) in [4.78, 5) is 41.1. The maximum Gasteiger partial charge on any atom is 0.311 e. The van der Waals surface area contributed by atoms with Crippen LogP contribution in [0, 0.1) is 16.7 Å². The van der Waals surface area contributed by atoms with Crippen LogP contribution in [0.25, 0.3) is 11.3 Å². The molecule has 0 unspecified atom stereocenters. The molecule has 1 fully saturated rings. The SMILES string of the molecule is COC(=O)[C@@]1(C)CCC[C@]2(C)C(CCc3ccoc3C(=O)c3cc(-c4ccc(OC)cc4)nn3C(=O)c3ccc(Br)cc3)=C(C)CC[C@@H]12. The number of hydrogen-bond acceptors (Lipinski definition) is 7. The summed E-state index contributed by atoms with van der Waals surface area (Å²) in [7, 11) is 3.08. The van der Waals surface area contributed by atoms with E-state index in [1.807, 2.05) is 30.3 Å². The molecule has 0 radical (unpaired) electrons. The number of ether oxygens (including phenoxy) is 2. The smallest absolute Gasteiger partial charge is 0.311 e. The number of furan rings is 1. The van der Waals surface area contributed by atoms with Gasteiger partial charge in [0.25, 0.3) is 5.91 Å². The number of ketones is 1. The van der Waals surface area contributed by atoms with Crippen LogP contribution in [-0.4, -0.2) is 41.7 Å². The monoisotopic (exact) mass is 712 g/mol. The van der Waals surface area contributed by atoms with Crippen LogP contribution in [0.1, 0.15) is 91.5 Å². The summed E-state index contributed by atoms with van der Waals surface area (Å²) in [5.41, 5.74) is 4.57. The molecule has 48 heavy (non-hydrogen) atoms. The molecule has 6 rings (SSSR count). The molecule has 2 aromatic carbocycles. The fourth-order valence-corrected chi connectivity index (χ4v) is 8.54. The molecule has 9 heteroatoms. The number of benzene rings is 2. The zero-order valence-electron chi connectivity index (χ0n) is 28.1. The van der Waals surface area contributed by atoms with E-state index in [1.54, 1.807) is 37.4 Å². The number of aromatic nitrogens is 2. The van der Waals surface area contributed by atoms with Gasteiger partial charge in [0.2, 0.25) is 5.78 Å². The second-order valence-electron chi connectivity index (χ2n) is 13.5. The van der Waals surface area contributed by atoms with Crippen LogP contribution in [-0.2, 0) is 16.0 Å². The van der Waals surface area contributed by atoms with Crippen molar-refractivity contribution in [3.8, 4) is 17.0 Å². The van der Waals surface area contributed by atoms with Gasteiger partial charge >= 0.3 is 5.97 Å². The molecule has 8 nitrogen and oxygen atoms in total. The predicted octanol–water partition coefficient (Wildman–Crippen LogP) is 8.86. The Morgan fingerprint density at radius 2 is 1.73 bits per heavy atom. The maximum atomic E-state index is 14.3. The molecular weight excluding hydrogens is 672 g/mol. The number of carbonyl (C=O) groups is 3. The van der Waals surface area contributed by atoms with E-state index in [-0.39, 0.29) is 28.8 Å². The number of carbonyl (C=O) groups excluding carboxylic acids is 3. The minimum absolute atomic E-state index is 0.117. The van der Waals surface area contributed by atoms with Crippen molar-refractivity contribution >= 4 is 33.6 Å². The van der Waals surface area contributed by atoms with E-state index >= 15 is 0 Å². The van der Waals surface area contributed by atoms with Crippen LogP contribution in [0.15, 0.2) is 87.0 Å². The number of hydrogen-bond donors (Lipinski definition) is 0. The maximum absolute atomic E-state index is 14.3. The van der Waals surface area contributed by atoms with E-state index in [2.05, 4.69) is 41.8 Å². The molecule has 0 bridgehead atoms. The van der Waals surface area contributed by atoms with Gasteiger partial charge < -0.3 is 13.9 Å². The van der Waals surface area contributed by atoms with Gasteiger partial charge in [-0.05, 0) is 124 Å². The van der Waals surface area contributed by atoms with E-state index in [4.69, 9.17) is 13.9 Å². The molecule has 0 saturated heterocycles. The lowest BCUT2D eigenvalue weighted by Gasteiger charge is -2.54. The molecule has 0 amide bonds. The lowest BCUT2D eigenvalue weighted by atomic mass is 9.49. The first-order chi connectivity index (χ1) is 23.0. The predicted molar refractivity (Wildman–Crippen MR) is 186 cm³/mol. The first kappa shape index (κ1) is 33.7. The van der Waals surface area contributed by atoms with Gasteiger partial charge in [-0.1, -0.05) is 40.4 Å². The Morgan fingerprint density at radius 3 is 2.42 bits per heavy atom. The van der Waals surface area contributed by atoms with Gasteiger partial charge in [0.15, 0.2) is 5.76 Å². The molecule has 2 aromatic heterocycles. The summed E-state index contributed by atoms with van der Waals surface area (Å²) in [5.74, 6) is 0.106. The van der Waals surface area contributed by atoms with Crippen molar-refractivity contribution in [2.75, 3.05) is 14.2 Å². The summed E-state index contributed by atoms with van der Waals surface area (Å²) < 4.78 is 18.5. The van der Waals surface area contributed by atoms with Crippen molar-refractivity contribution in [1.29, 1.82) is 0 Å². The Bertz CT molecular complexity index is 1890. The fourth-order valence-electron chi connectivity index (χ4n) is 8.27. The highest BCUT2D eigenvalue weighted by atomic mass is 79.9. The lowest BCUT2D eigenvalue weighted by molar-refractivity contribution is -0.163. The standard InChI is InChI=1S/C39H41BrN2O6/c1-24-7-18-33-38(2,20-6-21-39(33,3)37(45)47-5)30(24)17-12-26-19-22-48-35(26)34(43)32-23-31(25-10-15-29(46-4)16-11-25)41-42(32)36(44)27-8-13-28(40)14-9-27/h8-11,13-16,19,22-23,33H,6-7,12,17-18,20-21H2,1-5H3/t33-,38-,39+/m1/s1. The van der Waals surface area contributed by atoms with Crippen LogP contribution < -0.4 is 4.74 Å². The number of halogens is 1. The summed E-state index contributed by atoms with van der Waals surface area (Å²) in [6.45, 7) is 6.59. The Labute approximate surface area is 289 Å². The van der Waals surface area contributed by atoms with E-state index in [9.17, 15) is 14.4 Å². The van der Waals surface area contributed by atoms with Crippen molar-refractivity contribution in [2.45, 2.75) is 65.7 Å². The van der Waals surface area contributed by atoms with Crippen molar-refractivity contribution in [2.24, 2.45) is 16.7 Å². The molecular formula is C39H41BrN2O6. The van der Waals surface area contributed by atoms with Crippen molar-refractivity contribution in [1.82, 2.24) is 9.78 Å². The van der Waals surface area contributed by atoms with E-state index in [0.29, 0.717) is 23.4 Å². The third-order valence-corrected chi connectivity index (χ3v) is 11.3. The summed E-state index contributed by atoms with van der Waals surface area (Å²) in [6, 6.07) is 17.7. The highest BCUT2D eigenvalue weighted by Gasteiger charge is 2.55. The normalized spacial score (nSPS) is 22.2. The number of nitrogens with zero attached hydrogens (tertiary/aromatic N) is 2. The van der Waals surface area contributed by atoms with Crippen LogP contribution in [0.5, 0.6) is 5.75 Å². The highest BCUT2D eigenvalue weighted by molar-refractivity contribution is 9.10. The van der Waals surface area contributed by atoms with Crippen molar-refractivity contribution in [3.63, 3.8) is 0 Å². The zero-order chi connectivity index (χ0) is 34.2. The number of fused-ring (bicyclic) bond motifs is 1. The second-order valence-corrected chi connectivity index (χ2v) is 14.4. The van der Waals surface area contributed by atoms with E-state index in [1.165, 1.54) is 29.2 Å². The molecule has 250 valence electrons. The van der Waals surface area contributed by atoms with Crippen LogP contribution >= 0.6 is 15.9 Å². The molecule has 3 atom stereocenters.